The van der Waals surface area contributed by atoms with Crippen molar-refractivity contribution in [2.45, 2.75) is 63.1 Å². The summed E-state index contributed by atoms with van der Waals surface area (Å²) in [5, 5.41) is 9.90. The zero-order valence-electron chi connectivity index (χ0n) is 19.9. The predicted octanol–water partition coefficient (Wildman–Crippen LogP) is 0.388. The molecule has 3 fully saturated rings. The molecule has 10 heteroatoms. The number of rotatable bonds is 8. The van der Waals surface area contributed by atoms with Crippen LogP contribution in [-0.4, -0.2) is 86.7 Å². The molecule has 1 aliphatic carbocycles. The minimum Gasteiger partial charge on any atom is -0.480 e. The van der Waals surface area contributed by atoms with Crippen LogP contribution in [-0.2, 0) is 30.4 Å². The van der Waals surface area contributed by atoms with Gasteiger partial charge in [-0.3, -0.25) is 19.2 Å². The van der Waals surface area contributed by atoms with Crippen molar-refractivity contribution in [1.82, 2.24) is 14.7 Å². The summed E-state index contributed by atoms with van der Waals surface area (Å²) in [5.41, 5.74) is 5.26. The number of carbonyl (C=O) groups excluding carboxylic acids is 4. The molecule has 4 amide bonds. The quantitative estimate of drug-likeness (QED) is 0.547. The van der Waals surface area contributed by atoms with Crippen molar-refractivity contribution < 1.29 is 29.1 Å². The Balaban J connectivity index is 1.64. The Morgan fingerprint density at radius 2 is 1.80 bits per heavy atom. The Labute approximate surface area is 204 Å². The maximum atomic E-state index is 13.9. The van der Waals surface area contributed by atoms with Gasteiger partial charge in [0.1, 0.15) is 17.6 Å². The zero-order chi connectivity index (χ0) is 25.3. The molecule has 1 aromatic rings. The largest absolute Gasteiger partial charge is 0.480 e. The van der Waals surface area contributed by atoms with Crippen LogP contribution < -0.4 is 5.73 Å². The first-order chi connectivity index (χ1) is 16.7. The van der Waals surface area contributed by atoms with Crippen LogP contribution in [0.25, 0.3) is 0 Å². The number of carbonyl (C=O) groups is 5. The number of nitrogens with two attached hydrogens (primary N) is 1. The van der Waals surface area contributed by atoms with E-state index in [-0.39, 0.29) is 37.7 Å². The topological polar surface area (TPSA) is 141 Å². The number of amides is 4. The Morgan fingerprint density at radius 3 is 2.37 bits per heavy atom. The molecule has 35 heavy (non-hydrogen) atoms. The van der Waals surface area contributed by atoms with Gasteiger partial charge in [0.2, 0.25) is 23.6 Å². The van der Waals surface area contributed by atoms with Gasteiger partial charge in [-0.1, -0.05) is 37.3 Å². The lowest BCUT2D eigenvalue weighted by molar-refractivity contribution is -0.161. The van der Waals surface area contributed by atoms with Crippen molar-refractivity contribution >= 4 is 29.6 Å². The smallest absolute Gasteiger partial charge is 0.326 e. The number of hydrogen-bond donors (Lipinski definition) is 2. The Kier molecular flexibility index (Phi) is 6.82. The minimum atomic E-state index is -1.19. The molecule has 1 spiro atoms. The first-order valence-electron chi connectivity index (χ1n) is 12.2. The molecular weight excluding hydrogens is 452 g/mol. The predicted molar refractivity (Wildman–Crippen MR) is 125 cm³/mol. The monoisotopic (exact) mass is 484 g/mol. The highest BCUT2D eigenvalue weighted by Gasteiger charge is 2.61. The van der Waals surface area contributed by atoms with E-state index in [2.05, 4.69) is 0 Å². The molecule has 3 N–H and O–H groups in total. The van der Waals surface area contributed by atoms with E-state index in [9.17, 15) is 29.1 Å². The summed E-state index contributed by atoms with van der Waals surface area (Å²) < 4.78 is 0. The number of carboxylic acids is 1. The van der Waals surface area contributed by atoms with Gasteiger partial charge in [-0.2, -0.15) is 0 Å². The highest BCUT2D eigenvalue weighted by molar-refractivity contribution is 5.98. The molecule has 1 aromatic carbocycles. The molecule has 4 rings (SSSR count). The van der Waals surface area contributed by atoms with Gasteiger partial charge in [-0.15, -0.1) is 0 Å². The van der Waals surface area contributed by atoms with Crippen LogP contribution in [0, 0.1) is 5.92 Å². The molecule has 1 saturated carbocycles. The van der Waals surface area contributed by atoms with Crippen molar-refractivity contribution in [2.24, 2.45) is 11.7 Å². The number of primary amides is 1. The standard InChI is InChI=1S/C25H32N4O6/c1-2-20(31)29-13-12-27(24(35)25(29)9-10-25)18(14-16-6-4-3-5-7-16)22(32)28-11-8-17(15-19(26)30)21(28)23(33)34/h3-7,17-18,21H,2,8-15H2,1H3,(H2,26,30)(H,33,34)/t17-,18+,21+/m1/s1. The van der Waals surface area contributed by atoms with Crippen LogP contribution >= 0.6 is 0 Å². The SMILES string of the molecule is CCC(=O)N1CCN([C@@H](Cc2ccccc2)C(=O)N2CC[C@H](CC(N)=O)[C@H]2C(=O)O)C(=O)C12CC2. The van der Waals surface area contributed by atoms with Gasteiger partial charge in [0, 0.05) is 44.8 Å². The fraction of sp³-hybridized carbons (Fsp3) is 0.560. The number of aliphatic carboxylic acids is 1. The molecule has 0 radical (unpaired) electrons. The number of benzene rings is 1. The van der Waals surface area contributed by atoms with E-state index in [4.69, 9.17) is 5.73 Å². The van der Waals surface area contributed by atoms with Crippen LogP contribution in [0.5, 0.6) is 0 Å². The number of carboxylic acid groups (broad SMARTS) is 1. The van der Waals surface area contributed by atoms with Gasteiger partial charge in [-0.05, 0) is 24.8 Å². The van der Waals surface area contributed by atoms with Crippen molar-refractivity contribution in [2.75, 3.05) is 19.6 Å². The van der Waals surface area contributed by atoms with E-state index in [1.54, 1.807) is 16.7 Å². The van der Waals surface area contributed by atoms with E-state index in [0.29, 0.717) is 32.2 Å². The average molecular weight is 485 g/mol. The Bertz CT molecular complexity index is 1020. The van der Waals surface area contributed by atoms with Gasteiger partial charge in [0.15, 0.2) is 0 Å². The van der Waals surface area contributed by atoms with Gasteiger partial charge >= 0.3 is 5.97 Å². The lowest BCUT2D eigenvalue weighted by Crippen LogP contribution is -2.65. The molecule has 2 aliphatic heterocycles. The summed E-state index contributed by atoms with van der Waals surface area (Å²) in [6, 6.07) is 7.19. The van der Waals surface area contributed by atoms with Crippen molar-refractivity contribution in [3.63, 3.8) is 0 Å². The van der Waals surface area contributed by atoms with Crippen molar-refractivity contribution in [3.8, 4) is 0 Å². The Morgan fingerprint density at radius 1 is 1.11 bits per heavy atom. The van der Waals surface area contributed by atoms with Crippen molar-refractivity contribution in [3.05, 3.63) is 35.9 Å². The van der Waals surface area contributed by atoms with Crippen LogP contribution in [0.1, 0.15) is 44.6 Å². The number of hydrogen-bond acceptors (Lipinski definition) is 5. The molecule has 2 saturated heterocycles. The highest BCUT2D eigenvalue weighted by atomic mass is 16.4. The summed E-state index contributed by atoms with van der Waals surface area (Å²) in [6.07, 6.45) is 1.87. The molecule has 0 aromatic heterocycles. The van der Waals surface area contributed by atoms with Gasteiger partial charge in [0.05, 0.1) is 0 Å². The second-order valence-corrected chi connectivity index (χ2v) is 9.67. The van der Waals surface area contributed by atoms with Gasteiger partial charge < -0.3 is 25.5 Å². The molecule has 0 unspecified atom stereocenters. The van der Waals surface area contributed by atoms with Crippen LogP contribution in [0.3, 0.4) is 0 Å². The summed E-state index contributed by atoms with van der Waals surface area (Å²) in [5.74, 6) is -3.16. The summed E-state index contributed by atoms with van der Waals surface area (Å²) in [7, 11) is 0. The van der Waals surface area contributed by atoms with E-state index in [0.717, 1.165) is 5.56 Å². The lowest BCUT2D eigenvalue weighted by Gasteiger charge is -2.45. The summed E-state index contributed by atoms with van der Waals surface area (Å²) in [4.78, 5) is 68.2. The zero-order valence-corrected chi connectivity index (χ0v) is 19.9. The second-order valence-electron chi connectivity index (χ2n) is 9.67. The summed E-state index contributed by atoms with van der Waals surface area (Å²) >= 11 is 0. The number of piperazine rings is 1. The maximum Gasteiger partial charge on any atom is 0.326 e. The maximum absolute atomic E-state index is 13.9. The average Bonchev–Trinajstić information content (AvgIpc) is 3.51. The third kappa shape index (κ3) is 4.61. The number of nitrogens with zero attached hydrogens (tertiary/aromatic N) is 3. The fourth-order valence-corrected chi connectivity index (χ4v) is 5.63. The van der Waals surface area contributed by atoms with Crippen molar-refractivity contribution in [1.29, 1.82) is 0 Å². The lowest BCUT2D eigenvalue weighted by atomic mass is 9.95. The Hall–Kier alpha value is -3.43. The molecule has 188 valence electrons. The van der Waals surface area contributed by atoms with Gasteiger partial charge in [-0.25, -0.2) is 4.79 Å². The van der Waals surface area contributed by atoms with Crippen LogP contribution in [0.15, 0.2) is 30.3 Å². The van der Waals surface area contributed by atoms with E-state index >= 15 is 0 Å². The van der Waals surface area contributed by atoms with E-state index in [1.807, 2.05) is 30.3 Å². The van der Waals surface area contributed by atoms with E-state index < -0.39 is 41.3 Å². The minimum absolute atomic E-state index is 0.0822. The van der Waals surface area contributed by atoms with Crippen LogP contribution in [0.2, 0.25) is 0 Å². The molecule has 2 heterocycles. The molecule has 10 nitrogen and oxygen atoms in total. The number of likely N-dealkylation sites (tertiary alicyclic amines) is 1. The van der Waals surface area contributed by atoms with E-state index in [1.165, 1.54) is 4.90 Å². The third-order valence-corrected chi connectivity index (χ3v) is 7.52. The molecular formula is C25H32N4O6. The molecule has 0 bridgehead atoms. The van der Waals surface area contributed by atoms with Crippen LogP contribution in [0.4, 0.5) is 0 Å². The molecule has 3 aliphatic rings. The first kappa shape index (κ1) is 24.7. The normalized spacial score (nSPS) is 23.9. The third-order valence-electron chi connectivity index (χ3n) is 7.52. The summed E-state index contributed by atoms with van der Waals surface area (Å²) in [6.45, 7) is 2.47. The highest BCUT2D eigenvalue weighted by Crippen LogP contribution is 2.46. The second kappa shape index (κ2) is 9.67. The van der Waals surface area contributed by atoms with Gasteiger partial charge in [0.25, 0.3) is 0 Å². The first-order valence-corrected chi connectivity index (χ1v) is 12.2. The molecule has 3 atom stereocenters. The fourth-order valence-electron chi connectivity index (χ4n) is 5.63.